The smallest absolute Gasteiger partial charge is 0.434 e. The van der Waals surface area contributed by atoms with Crippen LogP contribution in [0.4, 0.5) is 4.39 Å². The fourth-order valence-corrected chi connectivity index (χ4v) is 2.82. The third-order valence-electron chi connectivity index (χ3n) is 4.01. The minimum atomic E-state index is -0.877. The van der Waals surface area contributed by atoms with Gasteiger partial charge in [-0.25, -0.2) is 14.0 Å². The van der Waals surface area contributed by atoms with Crippen LogP contribution in [0.2, 0.25) is 0 Å². The predicted octanol–water partition coefficient (Wildman–Crippen LogP) is 2.31. The monoisotopic (exact) mass is 475 g/mol. The fourth-order valence-electron chi connectivity index (χ4n) is 2.56. The molecule has 1 heterocycles. The molecule has 3 rings (SSSR count). The Morgan fingerprint density at radius 3 is 2.50 bits per heavy atom. The van der Waals surface area contributed by atoms with E-state index in [9.17, 15) is 18.8 Å². The lowest BCUT2D eigenvalue weighted by Gasteiger charge is -2.01. The van der Waals surface area contributed by atoms with Gasteiger partial charge in [0, 0.05) is 14.8 Å². The van der Waals surface area contributed by atoms with E-state index in [4.69, 9.17) is 4.74 Å². The van der Waals surface area contributed by atoms with Crippen LogP contribution in [0, 0.1) is 5.82 Å². The molecule has 0 unspecified atom stereocenters. The van der Waals surface area contributed by atoms with Crippen LogP contribution in [0.25, 0.3) is 0 Å². The maximum Gasteiger partial charge on any atom is 0.434 e. The van der Waals surface area contributed by atoms with Crippen LogP contribution in [-0.4, -0.2) is 34.6 Å². The molecule has 3 aromatic rings. The molecule has 0 bridgehead atoms. The lowest BCUT2D eigenvalue weighted by Crippen LogP contribution is -2.46. The summed E-state index contributed by atoms with van der Waals surface area (Å²) in [7, 11) is 0. The average Bonchev–Trinajstić information content (AvgIpc) is 3.03. The highest BCUT2D eigenvalue weighted by Gasteiger charge is 2.31. The first-order valence-corrected chi connectivity index (χ1v) is 9.69. The number of halogens is 2. The number of rotatable bonds is 7. The summed E-state index contributed by atoms with van der Waals surface area (Å²) in [6, 6.07) is 12.1. The van der Waals surface area contributed by atoms with Gasteiger partial charge in [0.25, 0.3) is 0 Å². The Bertz CT molecular complexity index is 1150. The summed E-state index contributed by atoms with van der Waals surface area (Å²) in [5.41, 5.74) is -0.203. The van der Waals surface area contributed by atoms with Gasteiger partial charge in [0.1, 0.15) is 5.82 Å². The third kappa shape index (κ3) is 4.95. The molecule has 0 aliphatic carbocycles. The van der Waals surface area contributed by atoms with Gasteiger partial charge in [0.2, 0.25) is 5.78 Å². The van der Waals surface area contributed by atoms with Crippen LogP contribution < -0.4 is 10.2 Å². The molecule has 0 atom stereocenters. The first-order chi connectivity index (χ1) is 14.4. The van der Waals surface area contributed by atoms with Crippen molar-refractivity contribution < 1.29 is 23.4 Å². The van der Waals surface area contributed by atoms with Gasteiger partial charge in [-0.3, -0.25) is 4.79 Å². The van der Waals surface area contributed by atoms with Crippen molar-refractivity contribution >= 4 is 33.9 Å². The third-order valence-corrected chi connectivity index (χ3v) is 4.54. The first kappa shape index (κ1) is 21.3. The van der Waals surface area contributed by atoms with Gasteiger partial charge in [-0.1, -0.05) is 50.5 Å². The Morgan fingerprint density at radius 2 is 1.87 bits per heavy atom. The van der Waals surface area contributed by atoms with Gasteiger partial charge < -0.3 is 4.74 Å². The number of benzene rings is 2. The predicted molar refractivity (Wildman–Crippen MR) is 109 cm³/mol. The van der Waals surface area contributed by atoms with Crippen LogP contribution in [0.15, 0.2) is 62.9 Å². The first-order valence-electron chi connectivity index (χ1n) is 8.89. The Hall–Kier alpha value is -3.40. The second-order valence-electron chi connectivity index (χ2n) is 6.10. The number of hydrogen-bond acceptors (Lipinski definition) is 5. The number of hydrogen-bond donors (Lipinski definition) is 1. The molecule has 0 saturated carbocycles. The van der Waals surface area contributed by atoms with Crippen molar-refractivity contribution in [2.45, 2.75) is 13.5 Å². The number of esters is 1. The van der Waals surface area contributed by atoms with Crippen LogP contribution >= 0.6 is 15.9 Å². The summed E-state index contributed by atoms with van der Waals surface area (Å²) in [4.78, 5) is 38.4. The topological polar surface area (TPSA) is 97.4 Å². The number of Topliss-reactive ketones (excluding diaryl/α,β-unsaturated/α-hetero) is 1. The van der Waals surface area contributed by atoms with Crippen LogP contribution in [0.1, 0.15) is 33.3 Å². The summed E-state index contributed by atoms with van der Waals surface area (Å²) in [6.45, 7) is 1.36. The Labute approximate surface area is 178 Å². The van der Waals surface area contributed by atoms with E-state index in [-0.39, 0.29) is 24.6 Å². The van der Waals surface area contributed by atoms with E-state index in [0.717, 1.165) is 13.9 Å². The second-order valence-corrected chi connectivity index (χ2v) is 7.01. The lowest BCUT2D eigenvalue weighted by molar-refractivity contribution is -0.744. The van der Waals surface area contributed by atoms with Crippen molar-refractivity contribution in [2.24, 2.45) is 5.10 Å². The Morgan fingerprint density at radius 1 is 1.20 bits per heavy atom. The molecule has 0 spiro atoms. The van der Waals surface area contributed by atoms with Crippen LogP contribution in [0.3, 0.4) is 0 Å². The number of ketones is 1. The number of ether oxygens (including phenoxy) is 1. The Kier molecular flexibility index (Phi) is 6.68. The number of H-pyrrole nitrogens is 1. The standard InChI is InChI=1S/C20H16BrFN4O4/c1-2-30-20(29)18-19(28)26(23-11-13-3-9-16(22)10-4-13)24-25(18)12-17(27)14-5-7-15(21)8-6-14/h3-11H,2,12H2,1H3/p+1/b23-11+. The molecular formula is C20H17BrFN4O4+. The minimum Gasteiger partial charge on any atom is -0.459 e. The van der Waals surface area contributed by atoms with Crippen molar-refractivity contribution in [3.8, 4) is 0 Å². The summed E-state index contributed by atoms with van der Waals surface area (Å²) < 4.78 is 19.9. The van der Waals surface area contributed by atoms with E-state index < -0.39 is 17.3 Å². The van der Waals surface area contributed by atoms with E-state index in [1.165, 1.54) is 30.5 Å². The summed E-state index contributed by atoms with van der Waals surface area (Å²) in [6.07, 6.45) is 1.31. The van der Waals surface area contributed by atoms with Crippen molar-refractivity contribution in [1.29, 1.82) is 0 Å². The van der Waals surface area contributed by atoms with E-state index in [2.05, 4.69) is 26.2 Å². The molecule has 0 aliphatic heterocycles. The number of nitrogens with zero attached hydrogens (tertiary/aromatic N) is 3. The maximum absolute atomic E-state index is 13.0. The molecule has 2 aromatic carbocycles. The highest BCUT2D eigenvalue weighted by molar-refractivity contribution is 9.10. The number of carbonyl (C=O) groups is 2. The highest BCUT2D eigenvalue weighted by atomic mass is 79.9. The minimum absolute atomic E-state index is 0.0585. The molecule has 30 heavy (non-hydrogen) atoms. The molecule has 10 heteroatoms. The lowest BCUT2D eigenvalue weighted by atomic mass is 10.1. The number of aromatic amines is 1. The van der Waals surface area contributed by atoms with Crippen molar-refractivity contribution in [3.05, 3.63) is 86.0 Å². The maximum atomic E-state index is 13.0. The molecular weight excluding hydrogens is 459 g/mol. The molecule has 0 saturated heterocycles. The molecule has 0 aliphatic rings. The largest absolute Gasteiger partial charge is 0.459 e. The van der Waals surface area contributed by atoms with E-state index in [1.807, 2.05) is 0 Å². The van der Waals surface area contributed by atoms with Gasteiger partial charge in [-0.05, 0) is 36.8 Å². The van der Waals surface area contributed by atoms with Crippen LogP contribution in [-0.2, 0) is 11.3 Å². The summed E-state index contributed by atoms with van der Waals surface area (Å²) in [5, 5.41) is 6.58. The zero-order chi connectivity index (χ0) is 21.7. The highest BCUT2D eigenvalue weighted by Crippen LogP contribution is 2.11. The molecule has 0 fully saturated rings. The quantitative estimate of drug-likeness (QED) is 0.245. The SMILES string of the molecule is CCOC(=O)c1c(=O)n(/N=C/c2ccc(F)cc2)[nH][n+]1CC(=O)c1ccc(Br)cc1. The molecule has 1 N–H and O–H groups in total. The van der Waals surface area contributed by atoms with Crippen molar-refractivity contribution in [2.75, 3.05) is 6.61 Å². The average molecular weight is 476 g/mol. The second kappa shape index (κ2) is 9.40. The van der Waals surface area contributed by atoms with Crippen molar-refractivity contribution in [1.82, 2.24) is 10.0 Å². The molecule has 1 aromatic heterocycles. The van der Waals surface area contributed by atoms with Crippen LogP contribution in [0.5, 0.6) is 0 Å². The fraction of sp³-hybridized carbons (Fsp3) is 0.150. The summed E-state index contributed by atoms with van der Waals surface area (Å²) >= 11 is 3.30. The zero-order valence-electron chi connectivity index (χ0n) is 15.8. The molecule has 0 amide bonds. The van der Waals surface area contributed by atoms with E-state index >= 15 is 0 Å². The Balaban J connectivity index is 1.94. The van der Waals surface area contributed by atoms with Gasteiger partial charge in [-0.15, -0.1) is 4.68 Å². The molecule has 154 valence electrons. The molecule has 8 nitrogen and oxygen atoms in total. The van der Waals surface area contributed by atoms with E-state index in [0.29, 0.717) is 11.1 Å². The van der Waals surface area contributed by atoms with Gasteiger partial charge >= 0.3 is 17.2 Å². The normalized spacial score (nSPS) is 11.0. The zero-order valence-corrected chi connectivity index (χ0v) is 17.4. The number of nitrogens with one attached hydrogen (secondary N) is 1. The summed E-state index contributed by atoms with van der Waals surface area (Å²) in [5.74, 6) is -1.61. The van der Waals surface area contributed by atoms with E-state index in [1.54, 1.807) is 31.2 Å². The van der Waals surface area contributed by atoms with Gasteiger partial charge in [0.15, 0.2) is 6.54 Å². The number of aromatic nitrogens is 3. The van der Waals surface area contributed by atoms with Gasteiger partial charge in [0.05, 0.1) is 12.8 Å². The molecule has 0 radical (unpaired) electrons. The van der Waals surface area contributed by atoms with Gasteiger partial charge in [-0.2, -0.15) is 0 Å². The van der Waals surface area contributed by atoms with Crippen molar-refractivity contribution in [3.63, 3.8) is 0 Å². The number of carbonyl (C=O) groups excluding carboxylic acids is 2.